The summed E-state index contributed by atoms with van der Waals surface area (Å²) in [7, 11) is 0. The number of rotatable bonds is 7. The van der Waals surface area contributed by atoms with Gasteiger partial charge in [0.2, 0.25) is 5.91 Å². The highest BCUT2D eigenvalue weighted by Crippen LogP contribution is 2.29. The minimum absolute atomic E-state index is 0.135. The number of ether oxygens (including phenoxy) is 1. The number of amides is 1. The Hall–Kier alpha value is -2.25. The van der Waals surface area contributed by atoms with Gasteiger partial charge in [0.15, 0.2) is 11.6 Å². The highest BCUT2D eigenvalue weighted by molar-refractivity contribution is 7.20. The first kappa shape index (κ1) is 19.1. The van der Waals surface area contributed by atoms with Gasteiger partial charge in [0.25, 0.3) is 0 Å². The number of thiazole rings is 1. The summed E-state index contributed by atoms with van der Waals surface area (Å²) >= 11 is 3.21. The average Bonchev–Trinajstić information content (AvgIpc) is 3.40. The van der Waals surface area contributed by atoms with Crippen LogP contribution in [0, 0.1) is 5.92 Å². The van der Waals surface area contributed by atoms with Crippen molar-refractivity contribution in [2.24, 2.45) is 5.92 Å². The Morgan fingerprint density at radius 2 is 2.07 bits per heavy atom. The van der Waals surface area contributed by atoms with Gasteiger partial charge in [-0.05, 0) is 42.3 Å². The van der Waals surface area contributed by atoms with E-state index in [0.717, 1.165) is 15.6 Å². The Bertz CT molecular complexity index is 902. The van der Waals surface area contributed by atoms with Crippen molar-refractivity contribution in [1.29, 1.82) is 0 Å². The molecule has 1 fully saturated rings. The van der Waals surface area contributed by atoms with Crippen LogP contribution >= 0.6 is 22.7 Å². The molecule has 0 saturated heterocycles. The molecule has 0 aliphatic heterocycles. The fourth-order valence-corrected chi connectivity index (χ4v) is 5.04. The Labute approximate surface area is 172 Å². The summed E-state index contributed by atoms with van der Waals surface area (Å²) in [5, 5.41) is 7.80. The molecule has 1 aliphatic carbocycles. The second kappa shape index (κ2) is 9.30. The van der Waals surface area contributed by atoms with E-state index in [0.29, 0.717) is 24.1 Å². The van der Waals surface area contributed by atoms with Crippen molar-refractivity contribution < 1.29 is 9.53 Å². The number of nitrogens with one attached hydrogen (secondary N) is 1. The lowest BCUT2D eigenvalue weighted by Gasteiger charge is -2.22. The molecule has 3 aromatic rings. The zero-order valence-electron chi connectivity index (χ0n) is 15.6. The van der Waals surface area contributed by atoms with Crippen LogP contribution in [-0.4, -0.2) is 22.5 Å². The van der Waals surface area contributed by atoms with Crippen molar-refractivity contribution in [3.8, 4) is 15.6 Å². The van der Waals surface area contributed by atoms with Crippen LogP contribution in [0.25, 0.3) is 9.88 Å². The summed E-state index contributed by atoms with van der Waals surface area (Å²) in [5.41, 5.74) is 0.770. The van der Waals surface area contributed by atoms with Gasteiger partial charge in [0.05, 0.1) is 23.6 Å². The first-order valence-electron chi connectivity index (χ1n) is 9.64. The monoisotopic (exact) mass is 413 g/mol. The van der Waals surface area contributed by atoms with Crippen molar-refractivity contribution in [2.45, 2.75) is 38.5 Å². The second-order valence-corrected chi connectivity index (χ2v) is 8.82. The third-order valence-corrected chi connectivity index (χ3v) is 6.78. The van der Waals surface area contributed by atoms with Crippen LogP contribution in [0.5, 0.6) is 5.75 Å². The number of hydrogen-bond donors (Lipinski definition) is 1. The third kappa shape index (κ3) is 4.97. The number of carbonyl (C=O) groups excluding carboxylic acids is 1. The largest absolute Gasteiger partial charge is 0.489 e. The van der Waals surface area contributed by atoms with E-state index in [9.17, 15) is 4.79 Å². The molecule has 0 aromatic carbocycles. The Morgan fingerprint density at radius 1 is 1.18 bits per heavy atom. The molecule has 4 rings (SSSR count). The SMILES string of the molecule is O=C(Cc1csc(-c2cccs2)n1)Nc1ncccc1OCC1CCCCC1. The summed E-state index contributed by atoms with van der Waals surface area (Å²) in [5.74, 6) is 1.59. The predicted molar refractivity (Wildman–Crippen MR) is 114 cm³/mol. The van der Waals surface area contributed by atoms with Gasteiger partial charge in [-0.15, -0.1) is 22.7 Å². The third-order valence-electron chi connectivity index (χ3n) is 4.85. The van der Waals surface area contributed by atoms with E-state index in [1.165, 1.54) is 32.1 Å². The van der Waals surface area contributed by atoms with E-state index in [-0.39, 0.29) is 12.3 Å². The smallest absolute Gasteiger partial charge is 0.231 e. The minimum Gasteiger partial charge on any atom is -0.489 e. The van der Waals surface area contributed by atoms with E-state index >= 15 is 0 Å². The molecule has 1 saturated carbocycles. The molecule has 5 nitrogen and oxygen atoms in total. The van der Waals surface area contributed by atoms with Gasteiger partial charge in [-0.3, -0.25) is 4.79 Å². The van der Waals surface area contributed by atoms with Gasteiger partial charge in [-0.1, -0.05) is 25.3 Å². The van der Waals surface area contributed by atoms with E-state index in [2.05, 4.69) is 15.3 Å². The lowest BCUT2D eigenvalue weighted by atomic mass is 9.90. The van der Waals surface area contributed by atoms with Crippen molar-refractivity contribution >= 4 is 34.4 Å². The summed E-state index contributed by atoms with van der Waals surface area (Å²) in [6.07, 6.45) is 8.23. The van der Waals surface area contributed by atoms with Gasteiger partial charge in [-0.25, -0.2) is 9.97 Å². The van der Waals surface area contributed by atoms with Crippen molar-refractivity contribution in [3.63, 3.8) is 0 Å². The predicted octanol–water partition coefficient (Wildman–Crippen LogP) is 5.41. The fourth-order valence-electron chi connectivity index (χ4n) is 3.40. The summed E-state index contributed by atoms with van der Waals surface area (Å²) in [6.45, 7) is 0.685. The van der Waals surface area contributed by atoms with Crippen molar-refractivity contribution in [1.82, 2.24) is 9.97 Å². The molecule has 7 heteroatoms. The molecule has 3 aromatic heterocycles. The zero-order valence-corrected chi connectivity index (χ0v) is 17.2. The standard InChI is InChI=1S/C21H23N3O2S2/c25-19(12-16-14-28-21(23-16)18-9-5-11-27-18)24-20-17(8-4-10-22-20)26-13-15-6-2-1-3-7-15/h4-5,8-11,14-15H,1-3,6-7,12-13H2,(H,22,24,25). The van der Waals surface area contributed by atoms with Gasteiger partial charge in [0, 0.05) is 11.6 Å². The molecule has 0 unspecified atom stereocenters. The number of nitrogens with zero attached hydrogens (tertiary/aromatic N) is 2. The number of pyridine rings is 1. The zero-order chi connectivity index (χ0) is 19.2. The van der Waals surface area contributed by atoms with E-state index in [1.807, 2.05) is 35.0 Å². The molecule has 3 heterocycles. The number of anilines is 1. The van der Waals surface area contributed by atoms with E-state index < -0.39 is 0 Å². The van der Waals surface area contributed by atoms with Crippen molar-refractivity contribution in [2.75, 3.05) is 11.9 Å². The molecular formula is C21H23N3O2S2. The number of carbonyl (C=O) groups is 1. The van der Waals surface area contributed by atoms with Crippen LogP contribution in [0.2, 0.25) is 0 Å². The summed E-state index contributed by atoms with van der Waals surface area (Å²) < 4.78 is 5.99. The topological polar surface area (TPSA) is 64.1 Å². The molecule has 1 N–H and O–H groups in total. The Kier molecular flexibility index (Phi) is 6.34. The molecule has 0 spiro atoms. The van der Waals surface area contributed by atoms with Gasteiger partial charge < -0.3 is 10.1 Å². The molecule has 146 valence electrons. The lowest BCUT2D eigenvalue weighted by Crippen LogP contribution is -2.18. The van der Waals surface area contributed by atoms with E-state index in [4.69, 9.17) is 4.74 Å². The molecule has 28 heavy (non-hydrogen) atoms. The Balaban J connectivity index is 1.35. The number of aromatic nitrogens is 2. The quantitative estimate of drug-likeness (QED) is 0.563. The fraction of sp³-hybridized carbons (Fsp3) is 0.381. The van der Waals surface area contributed by atoms with Crippen LogP contribution in [0.4, 0.5) is 5.82 Å². The summed E-state index contributed by atoms with van der Waals surface area (Å²) in [6, 6.07) is 7.74. The van der Waals surface area contributed by atoms with Crippen molar-refractivity contribution in [3.05, 3.63) is 46.9 Å². The maximum Gasteiger partial charge on any atom is 0.231 e. The van der Waals surface area contributed by atoms with Gasteiger partial charge in [-0.2, -0.15) is 0 Å². The first-order valence-corrected chi connectivity index (χ1v) is 11.4. The molecule has 0 bridgehead atoms. The Morgan fingerprint density at radius 3 is 2.89 bits per heavy atom. The van der Waals surface area contributed by atoms with Crippen LogP contribution in [0.15, 0.2) is 41.2 Å². The van der Waals surface area contributed by atoms with Crippen LogP contribution in [0.1, 0.15) is 37.8 Å². The molecule has 1 amide bonds. The minimum atomic E-state index is -0.135. The molecule has 1 aliphatic rings. The van der Waals surface area contributed by atoms with Crippen LogP contribution in [0.3, 0.4) is 0 Å². The van der Waals surface area contributed by atoms with Gasteiger partial charge in [0.1, 0.15) is 5.01 Å². The maximum atomic E-state index is 12.5. The van der Waals surface area contributed by atoms with E-state index in [1.54, 1.807) is 28.9 Å². The molecule has 0 atom stereocenters. The second-order valence-electron chi connectivity index (χ2n) is 7.01. The normalized spacial score (nSPS) is 14.7. The highest BCUT2D eigenvalue weighted by Gasteiger charge is 2.16. The van der Waals surface area contributed by atoms with Crippen LogP contribution in [-0.2, 0) is 11.2 Å². The highest BCUT2D eigenvalue weighted by atomic mass is 32.1. The lowest BCUT2D eigenvalue weighted by molar-refractivity contribution is -0.115. The average molecular weight is 414 g/mol. The molecular weight excluding hydrogens is 390 g/mol. The van der Waals surface area contributed by atoms with Crippen LogP contribution < -0.4 is 10.1 Å². The first-order chi connectivity index (χ1) is 13.8. The molecule has 0 radical (unpaired) electrons. The summed E-state index contributed by atoms with van der Waals surface area (Å²) in [4.78, 5) is 22.5. The maximum absolute atomic E-state index is 12.5. The number of thiophene rings is 1. The number of hydrogen-bond acceptors (Lipinski definition) is 6. The van der Waals surface area contributed by atoms with Gasteiger partial charge >= 0.3 is 0 Å².